The van der Waals surface area contributed by atoms with E-state index < -0.39 is 0 Å². The number of aryl methyl sites for hydroxylation is 1. The van der Waals surface area contributed by atoms with E-state index >= 15 is 0 Å². The van der Waals surface area contributed by atoms with Crippen LogP contribution in [-0.4, -0.2) is 23.0 Å². The summed E-state index contributed by atoms with van der Waals surface area (Å²) >= 11 is 5.89. The predicted molar refractivity (Wildman–Crippen MR) is 80.0 cm³/mol. The summed E-state index contributed by atoms with van der Waals surface area (Å²) in [4.78, 5) is 14.1. The van der Waals surface area contributed by atoms with Gasteiger partial charge in [0.25, 0.3) is 0 Å². The molecule has 3 rings (SSSR count). The Balaban J connectivity index is 1.60. The van der Waals surface area contributed by atoms with Crippen molar-refractivity contribution in [3.8, 4) is 0 Å². The van der Waals surface area contributed by atoms with E-state index in [2.05, 4.69) is 5.16 Å². The normalized spacial score (nSPS) is 20.3. The molecule has 4 nitrogen and oxygen atoms in total. The maximum Gasteiger partial charge on any atom is 0.226 e. The summed E-state index contributed by atoms with van der Waals surface area (Å²) in [5.41, 5.74) is 1.97. The van der Waals surface area contributed by atoms with Crippen LogP contribution in [0.3, 0.4) is 0 Å². The van der Waals surface area contributed by atoms with Gasteiger partial charge in [-0.2, -0.15) is 0 Å². The Morgan fingerprint density at radius 3 is 2.76 bits per heavy atom. The molecule has 2 aromatic rings. The molecule has 1 saturated carbocycles. The van der Waals surface area contributed by atoms with E-state index in [4.69, 9.17) is 16.1 Å². The maximum atomic E-state index is 12.4. The summed E-state index contributed by atoms with van der Waals surface area (Å²) in [5.74, 6) is 1.31. The van der Waals surface area contributed by atoms with Gasteiger partial charge >= 0.3 is 0 Å². The molecule has 1 aromatic carbocycles. The van der Waals surface area contributed by atoms with Crippen molar-refractivity contribution in [2.45, 2.75) is 25.8 Å². The minimum atomic E-state index is 0.0733. The Morgan fingerprint density at radius 2 is 2.14 bits per heavy atom. The van der Waals surface area contributed by atoms with Gasteiger partial charge in [-0.05, 0) is 37.0 Å². The molecule has 21 heavy (non-hydrogen) atoms. The lowest BCUT2D eigenvalue weighted by atomic mass is 10.1. The minimum Gasteiger partial charge on any atom is -0.361 e. The van der Waals surface area contributed by atoms with Crippen LogP contribution in [0.15, 0.2) is 34.9 Å². The molecule has 2 atom stereocenters. The van der Waals surface area contributed by atoms with Crippen molar-refractivity contribution in [1.29, 1.82) is 0 Å². The molecule has 0 unspecified atom stereocenters. The SMILES string of the molecule is Cc1cc(CN(C)C(=O)[C@H]2C[C@H]2c2ccc(Cl)cc2)no1. The van der Waals surface area contributed by atoms with Crippen molar-refractivity contribution in [3.05, 3.63) is 52.4 Å². The number of benzene rings is 1. The van der Waals surface area contributed by atoms with E-state index in [-0.39, 0.29) is 11.8 Å². The predicted octanol–water partition coefficient (Wildman–Crippen LogP) is 3.40. The van der Waals surface area contributed by atoms with Crippen LogP contribution in [0.25, 0.3) is 0 Å². The maximum absolute atomic E-state index is 12.4. The molecule has 1 heterocycles. The van der Waals surface area contributed by atoms with E-state index in [1.54, 1.807) is 4.90 Å². The highest BCUT2D eigenvalue weighted by Crippen LogP contribution is 2.48. The van der Waals surface area contributed by atoms with Crippen molar-refractivity contribution in [2.24, 2.45) is 5.92 Å². The standard InChI is InChI=1S/C16H17ClN2O2/c1-10-7-13(18-21-10)9-19(2)16(20)15-8-14(15)11-3-5-12(17)6-4-11/h3-7,14-15H,8-9H2,1-2H3/t14-,15-/m0/s1. The Labute approximate surface area is 128 Å². The summed E-state index contributed by atoms with van der Waals surface area (Å²) in [5, 5.41) is 4.64. The first kappa shape index (κ1) is 14.1. The molecule has 1 aliphatic carbocycles. The van der Waals surface area contributed by atoms with Crippen molar-refractivity contribution in [1.82, 2.24) is 10.1 Å². The third-order valence-electron chi connectivity index (χ3n) is 3.86. The van der Waals surface area contributed by atoms with Gasteiger partial charge in [0.05, 0.1) is 6.54 Å². The smallest absolute Gasteiger partial charge is 0.226 e. The van der Waals surface area contributed by atoms with Crippen LogP contribution < -0.4 is 0 Å². The highest BCUT2D eigenvalue weighted by molar-refractivity contribution is 6.30. The number of hydrogen-bond acceptors (Lipinski definition) is 3. The Hall–Kier alpha value is -1.81. The third kappa shape index (κ3) is 3.10. The molecular weight excluding hydrogens is 288 g/mol. The van der Waals surface area contributed by atoms with Gasteiger partial charge in [-0.25, -0.2) is 0 Å². The average molecular weight is 305 g/mol. The highest BCUT2D eigenvalue weighted by atomic mass is 35.5. The molecule has 0 saturated heterocycles. The summed E-state index contributed by atoms with van der Waals surface area (Å²) < 4.78 is 5.02. The van der Waals surface area contributed by atoms with Crippen molar-refractivity contribution in [3.63, 3.8) is 0 Å². The number of nitrogens with zero attached hydrogens (tertiary/aromatic N) is 2. The molecule has 1 aliphatic rings. The van der Waals surface area contributed by atoms with Crippen LogP contribution in [0.1, 0.15) is 29.4 Å². The van der Waals surface area contributed by atoms with Gasteiger partial charge < -0.3 is 9.42 Å². The van der Waals surface area contributed by atoms with Gasteiger partial charge in [0.2, 0.25) is 5.91 Å². The van der Waals surface area contributed by atoms with Crippen LogP contribution in [0.5, 0.6) is 0 Å². The molecule has 1 fully saturated rings. The van der Waals surface area contributed by atoms with Crippen molar-refractivity contribution < 1.29 is 9.32 Å². The molecule has 0 N–H and O–H groups in total. The van der Waals surface area contributed by atoms with Gasteiger partial charge in [0.1, 0.15) is 11.5 Å². The quantitative estimate of drug-likeness (QED) is 0.869. The van der Waals surface area contributed by atoms with Gasteiger partial charge in [-0.1, -0.05) is 28.9 Å². The number of carbonyl (C=O) groups excluding carboxylic acids is 1. The average Bonchev–Trinajstić information content (AvgIpc) is 3.15. The number of amides is 1. The lowest BCUT2D eigenvalue weighted by Crippen LogP contribution is -2.28. The molecule has 110 valence electrons. The molecule has 1 aromatic heterocycles. The second-order valence-electron chi connectivity index (χ2n) is 5.62. The van der Waals surface area contributed by atoms with Gasteiger partial charge in [0, 0.05) is 24.1 Å². The number of aromatic nitrogens is 1. The number of carbonyl (C=O) groups is 1. The van der Waals surface area contributed by atoms with Crippen molar-refractivity contribution >= 4 is 17.5 Å². The molecule has 0 radical (unpaired) electrons. The van der Waals surface area contributed by atoms with Crippen molar-refractivity contribution in [2.75, 3.05) is 7.05 Å². The van der Waals surface area contributed by atoms with Gasteiger partial charge in [-0.15, -0.1) is 0 Å². The fraction of sp³-hybridized carbons (Fsp3) is 0.375. The number of hydrogen-bond donors (Lipinski definition) is 0. The molecule has 5 heteroatoms. The zero-order chi connectivity index (χ0) is 15.0. The summed E-state index contributed by atoms with van der Waals surface area (Å²) in [6.45, 7) is 2.33. The second-order valence-corrected chi connectivity index (χ2v) is 6.06. The molecule has 1 amide bonds. The first-order chi connectivity index (χ1) is 10.0. The van der Waals surface area contributed by atoms with Gasteiger partial charge in [-0.3, -0.25) is 4.79 Å². The van der Waals surface area contributed by atoms with Crippen LogP contribution >= 0.6 is 11.6 Å². The summed E-state index contributed by atoms with van der Waals surface area (Å²) in [6.07, 6.45) is 0.905. The first-order valence-electron chi connectivity index (χ1n) is 6.97. The zero-order valence-electron chi connectivity index (χ0n) is 12.0. The Bertz CT molecular complexity index is 651. The number of rotatable bonds is 4. The lowest BCUT2D eigenvalue weighted by molar-refractivity contribution is -0.131. The van der Waals surface area contributed by atoms with E-state index in [0.29, 0.717) is 12.5 Å². The largest absolute Gasteiger partial charge is 0.361 e. The Kier molecular flexibility index (Phi) is 3.72. The first-order valence-corrected chi connectivity index (χ1v) is 7.35. The Morgan fingerprint density at radius 1 is 1.43 bits per heavy atom. The van der Waals surface area contributed by atoms with E-state index in [1.165, 1.54) is 5.56 Å². The highest BCUT2D eigenvalue weighted by Gasteiger charge is 2.45. The molecule has 0 aliphatic heterocycles. The zero-order valence-corrected chi connectivity index (χ0v) is 12.8. The fourth-order valence-electron chi connectivity index (χ4n) is 2.64. The summed E-state index contributed by atoms with van der Waals surface area (Å²) in [7, 11) is 1.81. The van der Waals surface area contributed by atoms with Crippen LogP contribution in [0.2, 0.25) is 5.02 Å². The lowest BCUT2D eigenvalue weighted by Gasteiger charge is -2.15. The summed E-state index contributed by atoms with van der Waals surface area (Å²) in [6, 6.07) is 9.60. The van der Waals surface area contributed by atoms with Crippen LogP contribution in [-0.2, 0) is 11.3 Å². The van der Waals surface area contributed by atoms with E-state index in [1.807, 2.05) is 44.3 Å². The monoisotopic (exact) mass is 304 g/mol. The molecule has 0 spiro atoms. The number of halogens is 1. The topological polar surface area (TPSA) is 46.3 Å². The molecule has 0 bridgehead atoms. The van der Waals surface area contributed by atoms with E-state index in [9.17, 15) is 4.79 Å². The van der Waals surface area contributed by atoms with Gasteiger partial charge in [0.15, 0.2) is 0 Å². The van der Waals surface area contributed by atoms with Crippen LogP contribution in [0.4, 0.5) is 0 Å². The minimum absolute atomic E-state index is 0.0733. The third-order valence-corrected chi connectivity index (χ3v) is 4.11. The van der Waals surface area contributed by atoms with E-state index in [0.717, 1.165) is 22.9 Å². The second kappa shape index (κ2) is 5.53. The molecular formula is C16H17ClN2O2. The van der Waals surface area contributed by atoms with Crippen LogP contribution in [0, 0.1) is 12.8 Å². The fourth-order valence-corrected chi connectivity index (χ4v) is 2.77.